The number of rotatable bonds is 7. The van der Waals surface area contributed by atoms with Gasteiger partial charge in [0.05, 0.1) is 11.9 Å². The van der Waals surface area contributed by atoms with Gasteiger partial charge in [-0.2, -0.15) is 0 Å². The highest BCUT2D eigenvalue weighted by Crippen LogP contribution is 2.46. The van der Waals surface area contributed by atoms with Crippen LogP contribution in [0.15, 0.2) is 48.8 Å². The number of imidazole rings is 1. The van der Waals surface area contributed by atoms with E-state index < -0.39 is 26.9 Å². The summed E-state index contributed by atoms with van der Waals surface area (Å²) in [7, 11) is 0. The minimum Gasteiger partial charge on any atom is -0.444 e. The molecule has 1 aromatic carbocycles. The van der Waals surface area contributed by atoms with Crippen LogP contribution in [0.4, 0.5) is 15.4 Å². The van der Waals surface area contributed by atoms with Crippen molar-refractivity contribution in [2.75, 3.05) is 37.5 Å². The number of benzene rings is 1. The number of aromatic amines is 1. The minimum atomic E-state index is -0.777. The van der Waals surface area contributed by atoms with Crippen LogP contribution in [-0.2, 0) is 19.1 Å². The van der Waals surface area contributed by atoms with Gasteiger partial charge in [-0.1, -0.05) is 24.3 Å². The van der Waals surface area contributed by atoms with Gasteiger partial charge < -0.3 is 24.7 Å². The lowest BCUT2D eigenvalue weighted by molar-refractivity contribution is -0.118. The normalized spacial score (nSPS) is 21.3. The maximum Gasteiger partial charge on any atom is 0.411 e. The van der Waals surface area contributed by atoms with E-state index in [0.29, 0.717) is 25.3 Å². The van der Waals surface area contributed by atoms with Gasteiger partial charge in [0.1, 0.15) is 32.5 Å². The summed E-state index contributed by atoms with van der Waals surface area (Å²) < 4.78 is 10.5. The smallest absolute Gasteiger partial charge is 0.411 e. The zero-order chi connectivity index (χ0) is 34.9. The summed E-state index contributed by atoms with van der Waals surface area (Å²) in [4.78, 5) is 54.6. The first-order chi connectivity index (χ1) is 22.6. The predicted molar refractivity (Wildman–Crippen MR) is 192 cm³/mol. The number of hydrogen-bond donors (Lipinski definition) is 2. The Morgan fingerprint density at radius 2 is 1.46 bits per heavy atom. The molecular weight excluding hydrogens is 649 g/mol. The molecule has 2 aliphatic rings. The zero-order valence-corrected chi connectivity index (χ0v) is 30.6. The molecule has 2 N–H and O–H groups in total. The number of nitrogens with one attached hydrogen (secondary N) is 2. The highest BCUT2D eigenvalue weighted by atomic mass is 32.2. The van der Waals surface area contributed by atoms with Gasteiger partial charge in [0.15, 0.2) is 0 Å². The van der Waals surface area contributed by atoms with E-state index in [1.54, 1.807) is 33.8 Å². The third-order valence-corrected chi connectivity index (χ3v) is 11.0. The molecule has 258 valence electrons. The topological polar surface area (TPSA) is 130 Å². The van der Waals surface area contributed by atoms with Crippen molar-refractivity contribution in [2.24, 2.45) is 0 Å². The number of thioether (sulfide) groups is 2. The number of likely N-dealkylation sites (tertiary alicyclic amines) is 2. The van der Waals surface area contributed by atoms with E-state index in [-0.39, 0.29) is 18.5 Å². The average Bonchev–Trinajstić information content (AvgIpc) is 3.79. The van der Waals surface area contributed by atoms with Gasteiger partial charge in [0.2, 0.25) is 5.91 Å². The Hall–Kier alpha value is -3.71. The molecule has 3 aromatic rings. The molecule has 11 nitrogen and oxygen atoms in total. The van der Waals surface area contributed by atoms with E-state index in [1.165, 1.54) is 11.8 Å². The predicted octanol–water partition coefficient (Wildman–Crippen LogP) is 7.37. The number of anilines is 1. The summed E-state index contributed by atoms with van der Waals surface area (Å²) in [5.74, 6) is 1.00. The summed E-state index contributed by atoms with van der Waals surface area (Å²) in [6.45, 7) is 12.5. The molecule has 0 bridgehead atoms. The van der Waals surface area contributed by atoms with Gasteiger partial charge in [-0.15, -0.1) is 23.5 Å². The molecule has 5 rings (SSSR count). The summed E-state index contributed by atoms with van der Waals surface area (Å²) >= 11 is 3.03. The molecule has 3 amide bonds. The first-order valence-electron chi connectivity index (χ1n) is 16.1. The standard InChI is InChI=1S/C35H46N6O5S2/c1-32(2,3)45-30(43)40-19-17-34(22-40,47-7)29(42)39-27-15-14-25(20-36-27)23-10-12-24(13-11-23)26-21-37-28(38-26)35(48-8)16-9-18-41(35)31(44)46-33(4,5)6/h10-15,20-21H,9,16-19,22H2,1-8H3,(H,37,38)(H,36,39,42). The molecule has 2 aliphatic heterocycles. The van der Waals surface area contributed by atoms with E-state index in [0.717, 1.165) is 41.1 Å². The first kappa shape index (κ1) is 35.6. The molecular formula is C35H46N6O5S2. The molecule has 2 fully saturated rings. The molecule has 13 heteroatoms. The summed E-state index contributed by atoms with van der Waals surface area (Å²) in [5, 5.41) is 2.95. The Labute approximate surface area is 291 Å². The number of hydrogen-bond acceptors (Lipinski definition) is 9. The van der Waals surface area contributed by atoms with Crippen LogP contribution in [0.2, 0.25) is 0 Å². The van der Waals surface area contributed by atoms with E-state index in [4.69, 9.17) is 14.5 Å². The van der Waals surface area contributed by atoms with Crippen LogP contribution in [0.5, 0.6) is 0 Å². The lowest BCUT2D eigenvalue weighted by Crippen LogP contribution is -2.45. The number of ether oxygens (including phenoxy) is 2. The molecule has 4 heterocycles. The SMILES string of the molecule is CSC1(C(=O)Nc2ccc(-c3ccc(-c4cnc(C5(SC)CCCN5C(=O)OC(C)(C)C)[nH]4)cc3)cn2)CCN(C(=O)OC(C)(C)C)C1. The van der Waals surface area contributed by atoms with Crippen molar-refractivity contribution >= 4 is 47.4 Å². The number of H-pyrrole nitrogens is 1. The van der Waals surface area contributed by atoms with E-state index >= 15 is 0 Å². The second kappa shape index (κ2) is 13.7. The molecule has 2 unspecified atom stereocenters. The highest BCUT2D eigenvalue weighted by molar-refractivity contribution is 8.00. The molecule has 2 aromatic heterocycles. The van der Waals surface area contributed by atoms with Crippen molar-refractivity contribution in [1.29, 1.82) is 0 Å². The molecule has 0 radical (unpaired) electrons. The highest BCUT2D eigenvalue weighted by Gasteiger charge is 2.49. The molecule has 0 saturated carbocycles. The van der Waals surface area contributed by atoms with Crippen molar-refractivity contribution in [3.63, 3.8) is 0 Å². The van der Waals surface area contributed by atoms with Gasteiger partial charge >= 0.3 is 12.2 Å². The number of aromatic nitrogens is 3. The number of nitrogens with zero attached hydrogens (tertiary/aromatic N) is 4. The van der Waals surface area contributed by atoms with Gasteiger partial charge in [-0.3, -0.25) is 9.69 Å². The van der Waals surface area contributed by atoms with Crippen LogP contribution in [0.1, 0.15) is 66.6 Å². The largest absolute Gasteiger partial charge is 0.444 e. The van der Waals surface area contributed by atoms with E-state index in [1.807, 2.05) is 90.6 Å². The van der Waals surface area contributed by atoms with Crippen molar-refractivity contribution in [3.8, 4) is 22.4 Å². The Morgan fingerprint density at radius 3 is 2.06 bits per heavy atom. The summed E-state index contributed by atoms with van der Waals surface area (Å²) in [5.41, 5.74) is 2.52. The van der Waals surface area contributed by atoms with Gasteiger partial charge in [-0.25, -0.2) is 19.6 Å². The average molecular weight is 695 g/mol. The fourth-order valence-corrected chi connectivity index (χ4v) is 7.84. The number of amides is 3. The number of carbonyl (C=O) groups is 3. The fourth-order valence-electron chi connectivity index (χ4n) is 5.99. The van der Waals surface area contributed by atoms with Crippen LogP contribution in [0.3, 0.4) is 0 Å². The molecule has 0 aliphatic carbocycles. The van der Waals surface area contributed by atoms with E-state index in [2.05, 4.69) is 15.3 Å². The number of pyridine rings is 1. The van der Waals surface area contributed by atoms with Crippen molar-refractivity contribution in [2.45, 2.75) is 81.6 Å². The lowest BCUT2D eigenvalue weighted by Gasteiger charge is -2.36. The Balaban J connectivity index is 1.24. The Morgan fingerprint density at radius 1 is 0.812 bits per heavy atom. The number of carbonyl (C=O) groups excluding carboxylic acids is 3. The van der Waals surface area contributed by atoms with Crippen molar-refractivity contribution in [1.82, 2.24) is 24.8 Å². The van der Waals surface area contributed by atoms with Crippen LogP contribution in [0.25, 0.3) is 22.4 Å². The van der Waals surface area contributed by atoms with Crippen LogP contribution < -0.4 is 5.32 Å². The van der Waals surface area contributed by atoms with Gasteiger partial charge in [-0.05, 0) is 96.6 Å². The maximum absolute atomic E-state index is 13.4. The molecule has 48 heavy (non-hydrogen) atoms. The van der Waals surface area contributed by atoms with Crippen molar-refractivity contribution < 1.29 is 23.9 Å². The fraction of sp³-hybridized carbons (Fsp3) is 0.514. The summed E-state index contributed by atoms with van der Waals surface area (Å²) in [6.07, 6.45) is 8.88. The molecule has 2 saturated heterocycles. The first-order valence-corrected chi connectivity index (χ1v) is 18.6. The van der Waals surface area contributed by atoms with Crippen LogP contribution in [0, 0.1) is 0 Å². The molecule has 2 atom stereocenters. The monoisotopic (exact) mass is 694 g/mol. The second-order valence-corrected chi connectivity index (χ2v) is 16.5. The zero-order valence-electron chi connectivity index (χ0n) is 29.0. The van der Waals surface area contributed by atoms with Crippen LogP contribution >= 0.6 is 23.5 Å². The maximum atomic E-state index is 13.4. The van der Waals surface area contributed by atoms with Gasteiger partial charge in [0.25, 0.3) is 0 Å². The molecule has 0 spiro atoms. The van der Waals surface area contributed by atoms with Crippen molar-refractivity contribution in [3.05, 3.63) is 54.6 Å². The summed E-state index contributed by atoms with van der Waals surface area (Å²) in [6, 6.07) is 11.8. The quantitative estimate of drug-likeness (QED) is 0.260. The Bertz CT molecular complexity index is 1630. The minimum absolute atomic E-state index is 0.181. The third-order valence-electron chi connectivity index (χ3n) is 8.45. The third kappa shape index (κ3) is 7.62. The second-order valence-electron chi connectivity index (χ2n) is 14.2. The lowest BCUT2D eigenvalue weighted by atomic mass is 10.0. The van der Waals surface area contributed by atoms with Gasteiger partial charge in [0, 0.05) is 31.4 Å². The van der Waals surface area contributed by atoms with E-state index in [9.17, 15) is 14.4 Å². The van der Waals surface area contributed by atoms with Crippen LogP contribution in [-0.4, -0.2) is 90.9 Å². The Kier molecular flexibility index (Phi) is 10.1.